The molecule has 0 saturated carbocycles. The Morgan fingerprint density at radius 3 is 2.57 bits per heavy atom. The predicted molar refractivity (Wildman–Crippen MR) is 86.1 cm³/mol. The van der Waals surface area contributed by atoms with Crippen LogP contribution < -0.4 is 4.74 Å². The number of methoxy groups -OCH3 is 1. The third kappa shape index (κ3) is 6.46. The minimum atomic E-state index is -0.451. The average molecular weight is 295 g/mol. The second-order valence-corrected chi connectivity index (χ2v) is 5.89. The Morgan fingerprint density at radius 1 is 1.29 bits per heavy atom. The number of ether oxygens (including phenoxy) is 2. The normalized spacial score (nSPS) is 13.0. The Labute approximate surface area is 128 Å². The minimum absolute atomic E-state index is 0.362. The molecule has 0 aliphatic rings. The number of hydrogen-bond donors (Lipinski definition) is 1. The largest absolute Gasteiger partial charge is 0.492 e. The summed E-state index contributed by atoms with van der Waals surface area (Å²) in [6, 6.07) is 6.26. The van der Waals surface area contributed by atoms with Crippen molar-refractivity contribution < 1.29 is 14.6 Å². The molecule has 0 saturated heterocycles. The van der Waals surface area contributed by atoms with Crippen LogP contribution in [0.15, 0.2) is 18.2 Å². The SMILES string of the molecule is COCC(O)CN(C)CCOc1ccc(C(C)C)c(C)c1. The van der Waals surface area contributed by atoms with Gasteiger partial charge in [0.2, 0.25) is 0 Å². The van der Waals surface area contributed by atoms with Crippen LogP contribution in [0.25, 0.3) is 0 Å². The fourth-order valence-electron chi connectivity index (χ4n) is 2.40. The summed E-state index contributed by atoms with van der Waals surface area (Å²) >= 11 is 0. The van der Waals surface area contributed by atoms with Gasteiger partial charge >= 0.3 is 0 Å². The predicted octanol–water partition coefficient (Wildman–Crippen LogP) is 2.44. The molecule has 0 aliphatic carbocycles. The molecular weight excluding hydrogens is 266 g/mol. The van der Waals surface area contributed by atoms with Crippen molar-refractivity contribution in [2.45, 2.75) is 32.8 Å². The summed E-state index contributed by atoms with van der Waals surface area (Å²) in [7, 11) is 3.56. The summed E-state index contributed by atoms with van der Waals surface area (Å²) in [6.07, 6.45) is -0.451. The number of aliphatic hydroxyl groups excluding tert-OH is 1. The molecule has 0 radical (unpaired) electrons. The van der Waals surface area contributed by atoms with E-state index in [-0.39, 0.29) is 0 Å². The van der Waals surface area contributed by atoms with Gasteiger partial charge in [-0.2, -0.15) is 0 Å². The Balaban J connectivity index is 2.37. The Hall–Kier alpha value is -1.10. The Bertz CT molecular complexity index is 420. The van der Waals surface area contributed by atoms with Gasteiger partial charge in [0, 0.05) is 20.2 Å². The molecule has 0 amide bonds. The first kappa shape index (κ1) is 18.0. The van der Waals surface area contributed by atoms with Gasteiger partial charge in [0.15, 0.2) is 0 Å². The number of aliphatic hydroxyl groups is 1. The van der Waals surface area contributed by atoms with Gasteiger partial charge in [-0.15, -0.1) is 0 Å². The Morgan fingerprint density at radius 2 is 2.00 bits per heavy atom. The molecular formula is C17H29NO3. The van der Waals surface area contributed by atoms with E-state index in [4.69, 9.17) is 9.47 Å². The van der Waals surface area contributed by atoms with E-state index in [1.807, 2.05) is 18.0 Å². The van der Waals surface area contributed by atoms with Gasteiger partial charge in [-0.05, 0) is 43.1 Å². The number of hydrogen-bond acceptors (Lipinski definition) is 4. The highest BCUT2D eigenvalue weighted by atomic mass is 16.5. The average Bonchev–Trinajstić information content (AvgIpc) is 2.38. The summed E-state index contributed by atoms with van der Waals surface area (Å²) in [5.41, 5.74) is 2.63. The lowest BCUT2D eigenvalue weighted by Crippen LogP contribution is -2.34. The number of rotatable bonds is 9. The maximum Gasteiger partial charge on any atom is 0.119 e. The smallest absolute Gasteiger partial charge is 0.119 e. The molecule has 1 N–H and O–H groups in total. The molecule has 1 aromatic rings. The summed E-state index contributed by atoms with van der Waals surface area (Å²) in [4.78, 5) is 2.04. The van der Waals surface area contributed by atoms with E-state index in [1.54, 1.807) is 7.11 Å². The van der Waals surface area contributed by atoms with E-state index in [1.165, 1.54) is 11.1 Å². The lowest BCUT2D eigenvalue weighted by molar-refractivity contribution is 0.0410. The summed E-state index contributed by atoms with van der Waals surface area (Å²) < 4.78 is 10.7. The molecule has 4 nitrogen and oxygen atoms in total. The van der Waals surface area contributed by atoms with E-state index in [2.05, 4.69) is 32.9 Å². The van der Waals surface area contributed by atoms with Gasteiger partial charge in [0.25, 0.3) is 0 Å². The molecule has 21 heavy (non-hydrogen) atoms. The number of nitrogens with zero attached hydrogens (tertiary/aromatic N) is 1. The van der Waals surface area contributed by atoms with Crippen LogP contribution in [-0.4, -0.2) is 56.6 Å². The van der Waals surface area contributed by atoms with Gasteiger partial charge in [-0.3, -0.25) is 0 Å². The van der Waals surface area contributed by atoms with Crippen molar-refractivity contribution in [2.75, 3.05) is 40.5 Å². The van der Waals surface area contributed by atoms with E-state index >= 15 is 0 Å². The van der Waals surface area contributed by atoms with Crippen LogP contribution in [0.2, 0.25) is 0 Å². The van der Waals surface area contributed by atoms with Gasteiger partial charge < -0.3 is 19.5 Å². The van der Waals surface area contributed by atoms with Crippen molar-refractivity contribution in [3.8, 4) is 5.75 Å². The van der Waals surface area contributed by atoms with Crippen molar-refractivity contribution >= 4 is 0 Å². The van der Waals surface area contributed by atoms with Crippen molar-refractivity contribution in [3.63, 3.8) is 0 Å². The van der Waals surface area contributed by atoms with E-state index in [0.29, 0.717) is 25.7 Å². The maximum absolute atomic E-state index is 9.65. The molecule has 0 bridgehead atoms. The summed E-state index contributed by atoms with van der Waals surface area (Å²) in [5, 5.41) is 9.65. The molecule has 1 aromatic carbocycles. The van der Waals surface area contributed by atoms with Crippen molar-refractivity contribution in [1.82, 2.24) is 4.90 Å². The number of aryl methyl sites for hydroxylation is 1. The quantitative estimate of drug-likeness (QED) is 0.760. The Kier molecular flexibility index (Phi) is 7.72. The molecule has 1 unspecified atom stereocenters. The zero-order chi connectivity index (χ0) is 15.8. The van der Waals surface area contributed by atoms with Gasteiger partial charge in [0.1, 0.15) is 12.4 Å². The van der Waals surface area contributed by atoms with Crippen LogP contribution in [0.5, 0.6) is 5.75 Å². The minimum Gasteiger partial charge on any atom is -0.492 e. The summed E-state index contributed by atoms with van der Waals surface area (Å²) in [6.45, 7) is 8.84. The highest BCUT2D eigenvalue weighted by Crippen LogP contribution is 2.23. The monoisotopic (exact) mass is 295 g/mol. The third-order valence-electron chi connectivity index (χ3n) is 3.49. The standard InChI is InChI=1S/C17H29NO3/c1-13(2)17-7-6-16(10-14(17)3)21-9-8-18(4)11-15(19)12-20-5/h6-7,10,13,15,19H,8-9,11-12H2,1-5H3. The molecule has 0 aliphatic heterocycles. The lowest BCUT2D eigenvalue weighted by Gasteiger charge is -2.20. The topological polar surface area (TPSA) is 41.9 Å². The van der Waals surface area contributed by atoms with Crippen LogP contribution in [0.3, 0.4) is 0 Å². The van der Waals surface area contributed by atoms with Crippen molar-refractivity contribution in [3.05, 3.63) is 29.3 Å². The third-order valence-corrected chi connectivity index (χ3v) is 3.49. The van der Waals surface area contributed by atoms with Gasteiger partial charge in [0.05, 0.1) is 12.7 Å². The first-order valence-corrected chi connectivity index (χ1v) is 7.53. The molecule has 0 aromatic heterocycles. The van der Waals surface area contributed by atoms with Crippen LogP contribution in [0, 0.1) is 6.92 Å². The first-order valence-electron chi connectivity index (χ1n) is 7.53. The van der Waals surface area contributed by atoms with Gasteiger partial charge in [-0.25, -0.2) is 0 Å². The zero-order valence-corrected chi connectivity index (χ0v) is 13.9. The van der Waals surface area contributed by atoms with E-state index in [0.717, 1.165) is 12.3 Å². The maximum atomic E-state index is 9.65. The second-order valence-electron chi connectivity index (χ2n) is 5.89. The highest BCUT2D eigenvalue weighted by molar-refractivity contribution is 5.36. The van der Waals surface area contributed by atoms with Crippen molar-refractivity contribution in [2.24, 2.45) is 0 Å². The first-order chi connectivity index (χ1) is 9.93. The zero-order valence-electron chi connectivity index (χ0n) is 13.9. The molecule has 0 heterocycles. The van der Waals surface area contributed by atoms with Crippen molar-refractivity contribution in [1.29, 1.82) is 0 Å². The molecule has 120 valence electrons. The fraction of sp³-hybridized carbons (Fsp3) is 0.647. The molecule has 1 atom stereocenters. The van der Waals surface area contributed by atoms with E-state index < -0.39 is 6.10 Å². The second kappa shape index (κ2) is 9.03. The molecule has 0 fully saturated rings. The van der Waals surface area contributed by atoms with Crippen LogP contribution in [0.4, 0.5) is 0 Å². The molecule has 1 rings (SSSR count). The fourth-order valence-corrected chi connectivity index (χ4v) is 2.40. The van der Waals surface area contributed by atoms with Gasteiger partial charge in [-0.1, -0.05) is 19.9 Å². The number of likely N-dealkylation sites (N-methyl/N-ethyl adjacent to an activating group) is 1. The van der Waals surface area contributed by atoms with Crippen LogP contribution in [0.1, 0.15) is 30.9 Å². The number of benzene rings is 1. The van der Waals surface area contributed by atoms with Crippen LogP contribution >= 0.6 is 0 Å². The van der Waals surface area contributed by atoms with Crippen LogP contribution in [-0.2, 0) is 4.74 Å². The molecule has 4 heteroatoms. The molecule has 0 spiro atoms. The highest BCUT2D eigenvalue weighted by Gasteiger charge is 2.08. The van der Waals surface area contributed by atoms with E-state index in [9.17, 15) is 5.11 Å². The lowest BCUT2D eigenvalue weighted by atomic mass is 9.98. The summed E-state index contributed by atoms with van der Waals surface area (Å²) in [5.74, 6) is 1.44.